The maximum atomic E-state index is 11.9. The first kappa shape index (κ1) is 12.1. The van der Waals surface area contributed by atoms with Crippen LogP contribution < -0.4 is 0 Å². The number of hydrogen-bond acceptors (Lipinski definition) is 3. The summed E-state index contributed by atoms with van der Waals surface area (Å²) in [5, 5.41) is 9.33. The highest BCUT2D eigenvalue weighted by Crippen LogP contribution is 2.19. The molecule has 1 atom stereocenters. The Hall–Kier alpha value is -1.35. The predicted octanol–water partition coefficient (Wildman–Crippen LogP) is 1.85. The third-order valence-electron chi connectivity index (χ3n) is 3.32. The third-order valence-corrected chi connectivity index (χ3v) is 3.32. The molecule has 0 unspecified atom stereocenters. The zero-order valence-electron chi connectivity index (χ0n) is 10.2. The number of benzene rings is 1. The second kappa shape index (κ2) is 5.32. The molecule has 1 N–H and O–H groups in total. The summed E-state index contributed by atoms with van der Waals surface area (Å²) < 4.78 is 0. The minimum Gasteiger partial charge on any atom is -0.508 e. The number of hydrogen-bond donors (Lipinski definition) is 1. The fourth-order valence-corrected chi connectivity index (χ4v) is 2.48. The summed E-state index contributed by atoms with van der Waals surface area (Å²) in [4.78, 5) is 14.2. The van der Waals surface area contributed by atoms with E-state index >= 15 is 0 Å². The smallest absolute Gasteiger partial charge is 0.137 e. The molecule has 0 aromatic heterocycles. The van der Waals surface area contributed by atoms with Crippen LogP contribution in [-0.4, -0.2) is 35.9 Å². The number of carbonyl (C=O) groups excluding carboxylic acids is 1. The number of aromatic hydroxyl groups is 1. The molecule has 3 heteroatoms. The number of phenols is 1. The molecule has 3 nitrogen and oxygen atoms in total. The van der Waals surface area contributed by atoms with Gasteiger partial charge in [0.2, 0.25) is 0 Å². The molecule has 17 heavy (non-hydrogen) atoms. The van der Waals surface area contributed by atoms with Crippen LogP contribution in [0.15, 0.2) is 24.3 Å². The normalized spacial score (nSPS) is 20.6. The predicted molar refractivity (Wildman–Crippen MR) is 67.0 cm³/mol. The van der Waals surface area contributed by atoms with Gasteiger partial charge < -0.3 is 10.0 Å². The second-order valence-electron chi connectivity index (χ2n) is 5.01. The van der Waals surface area contributed by atoms with Gasteiger partial charge in [0, 0.05) is 19.4 Å². The first-order valence-electron chi connectivity index (χ1n) is 6.11. The van der Waals surface area contributed by atoms with Gasteiger partial charge in [-0.2, -0.15) is 0 Å². The summed E-state index contributed by atoms with van der Waals surface area (Å²) in [6, 6.07) is 6.96. The maximum absolute atomic E-state index is 11.9. The minimum absolute atomic E-state index is 0.232. The summed E-state index contributed by atoms with van der Waals surface area (Å²) in [6.07, 6.45) is 2.23. The number of ketones is 1. The molecule has 0 saturated carbocycles. The van der Waals surface area contributed by atoms with Crippen LogP contribution in [0.2, 0.25) is 0 Å². The lowest BCUT2D eigenvalue weighted by Crippen LogP contribution is -2.16. The van der Waals surface area contributed by atoms with Crippen molar-refractivity contribution in [2.24, 2.45) is 5.92 Å². The van der Waals surface area contributed by atoms with Crippen molar-refractivity contribution in [1.29, 1.82) is 0 Å². The number of nitrogens with zero attached hydrogens (tertiary/aromatic N) is 1. The molecule has 1 aromatic carbocycles. The van der Waals surface area contributed by atoms with Gasteiger partial charge in [0.25, 0.3) is 0 Å². The van der Waals surface area contributed by atoms with Crippen molar-refractivity contribution < 1.29 is 9.90 Å². The quantitative estimate of drug-likeness (QED) is 0.862. The molecule has 0 amide bonds. The van der Waals surface area contributed by atoms with E-state index in [1.165, 1.54) is 0 Å². The van der Waals surface area contributed by atoms with Crippen LogP contribution in [0.5, 0.6) is 5.75 Å². The van der Waals surface area contributed by atoms with E-state index in [0.29, 0.717) is 18.8 Å². The number of rotatable bonds is 4. The van der Waals surface area contributed by atoms with Crippen molar-refractivity contribution in [3.8, 4) is 5.75 Å². The maximum Gasteiger partial charge on any atom is 0.137 e. The van der Waals surface area contributed by atoms with Crippen LogP contribution in [0, 0.1) is 5.92 Å². The number of likely N-dealkylation sites (tertiary alicyclic amines) is 1. The molecule has 1 aromatic rings. The first-order valence-corrected chi connectivity index (χ1v) is 6.11. The molecule has 1 saturated heterocycles. The van der Waals surface area contributed by atoms with Gasteiger partial charge in [-0.15, -0.1) is 0 Å². The Balaban J connectivity index is 1.85. The fraction of sp³-hybridized carbons (Fsp3) is 0.500. The lowest BCUT2D eigenvalue weighted by atomic mass is 9.98. The first-order chi connectivity index (χ1) is 8.13. The van der Waals surface area contributed by atoms with Crippen molar-refractivity contribution in [3.05, 3.63) is 29.8 Å². The average Bonchev–Trinajstić information content (AvgIpc) is 2.63. The standard InChI is InChI=1S/C14H19NO2/c1-15-6-5-12(10-15)9-14(17)8-11-3-2-4-13(16)7-11/h2-4,7,12,16H,5-6,8-10H2,1H3/t12-/m0/s1. The minimum atomic E-state index is 0.232. The van der Waals surface area contributed by atoms with Crippen LogP contribution in [0.1, 0.15) is 18.4 Å². The molecule has 2 rings (SSSR count). The Morgan fingerprint density at radius 3 is 3.00 bits per heavy atom. The van der Waals surface area contributed by atoms with E-state index in [4.69, 9.17) is 0 Å². The zero-order valence-corrected chi connectivity index (χ0v) is 10.2. The Morgan fingerprint density at radius 1 is 1.53 bits per heavy atom. The van der Waals surface area contributed by atoms with E-state index in [1.807, 2.05) is 6.07 Å². The van der Waals surface area contributed by atoms with E-state index in [-0.39, 0.29) is 11.5 Å². The number of carbonyl (C=O) groups is 1. The molecule has 1 aliphatic rings. The van der Waals surface area contributed by atoms with Gasteiger partial charge >= 0.3 is 0 Å². The van der Waals surface area contributed by atoms with Gasteiger partial charge in [0.15, 0.2) is 0 Å². The molecule has 1 fully saturated rings. The summed E-state index contributed by atoms with van der Waals surface area (Å²) in [5.74, 6) is 1.02. The highest BCUT2D eigenvalue weighted by Gasteiger charge is 2.21. The SMILES string of the molecule is CN1CC[C@@H](CC(=O)Cc2cccc(O)c2)C1. The molecule has 0 aliphatic carbocycles. The largest absolute Gasteiger partial charge is 0.508 e. The van der Waals surface area contributed by atoms with E-state index in [9.17, 15) is 9.90 Å². The lowest BCUT2D eigenvalue weighted by Gasteiger charge is -2.09. The van der Waals surface area contributed by atoms with E-state index in [0.717, 1.165) is 25.1 Å². The van der Waals surface area contributed by atoms with Crippen LogP contribution >= 0.6 is 0 Å². The van der Waals surface area contributed by atoms with E-state index in [1.54, 1.807) is 18.2 Å². The van der Waals surface area contributed by atoms with Gasteiger partial charge in [-0.25, -0.2) is 0 Å². The summed E-state index contributed by atoms with van der Waals surface area (Å²) in [7, 11) is 2.10. The highest BCUT2D eigenvalue weighted by molar-refractivity contribution is 5.81. The van der Waals surface area contributed by atoms with Crippen molar-refractivity contribution >= 4 is 5.78 Å². The molecule has 0 radical (unpaired) electrons. The van der Waals surface area contributed by atoms with E-state index in [2.05, 4.69) is 11.9 Å². The average molecular weight is 233 g/mol. The van der Waals surface area contributed by atoms with Gasteiger partial charge in [-0.1, -0.05) is 12.1 Å². The number of phenolic OH excluding ortho intramolecular Hbond substituents is 1. The fourth-order valence-electron chi connectivity index (χ4n) is 2.48. The van der Waals surface area contributed by atoms with Crippen molar-refractivity contribution in [2.75, 3.05) is 20.1 Å². The van der Waals surface area contributed by atoms with Gasteiger partial charge in [-0.05, 0) is 43.6 Å². The highest BCUT2D eigenvalue weighted by atomic mass is 16.3. The van der Waals surface area contributed by atoms with Crippen LogP contribution in [0.3, 0.4) is 0 Å². The summed E-state index contributed by atoms with van der Waals surface area (Å²) in [5.41, 5.74) is 0.904. The summed E-state index contributed by atoms with van der Waals surface area (Å²) in [6.45, 7) is 2.13. The monoisotopic (exact) mass is 233 g/mol. The van der Waals surface area contributed by atoms with Crippen molar-refractivity contribution in [1.82, 2.24) is 4.90 Å². The van der Waals surface area contributed by atoms with E-state index < -0.39 is 0 Å². The Morgan fingerprint density at radius 2 is 2.35 bits per heavy atom. The van der Waals surface area contributed by atoms with Gasteiger partial charge in [0.1, 0.15) is 11.5 Å². The third kappa shape index (κ3) is 3.56. The molecule has 1 aliphatic heterocycles. The molecular formula is C14H19NO2. The molecule has 1 heterocycles. The Labute approximate surface area is 102 Å². The number of Topliss-reactive ketones (excluding diaryl/α,β-unsaturated/α-hetero) is 1. The topological polar surface area (TPSA) is 40.5 Å². The lowest BCUT2D eigenvalue weighted by molar-refractivity contribution is -0.119. The summed E-state index contributed by atoms with van der Waals surface area (Å²) >= 11 is 0. The Bertz CT molecular complexity index is 403. The van der Waals surface area contributed by atoms with Crippen LogP contribution in [0.25, 0.3) is 0 Å². The van der Waals surface area contributed by atoms with Crippen molar-refractivity contribution in [3.63, 3.8) is 0 Å². The van der Waals surface area contributed by atoms with Gasteiger partial charge in [0.05, 0.1) is 0 Å². The molecular weight excluding hydrogens is 214 g/mol. The van der Waals surface area contributed by atoms with Crippen LogP contribution in [-0.2, 0) is 11.2 Å². The molecule has 92 valence electrons. The van der Waals surface area contributed by atoms with Crippen molar-refractivity contribution in [2.45, 2.75) is 19.3 Å². The van der Waals surface area contributed by atoms with Gasteiger partial charge in [-0.3, -0.25) is 4.79 Å². The Kier molecular flexibility index (Phi) is 3.79. The zero-order chi connectivity index (χ0) is 12.3. The second-order valence-corrected chi connectivity index (χ2v) is 5.01. The molecule has 0 spiro atoms. The molecule has 0 bridgehead atoms. The van der Waals surface area contributed by atoms with Crippen LogP contribution in [0.4, 0.5) is 0 Å².